The van der Waals surface area contributed by atoms with Crippen LogP contribution in [0.1, 0.15) is 19.8 Å². The second-order valence-electron chi connectivity index (χ2n) is 4.25. The SMILES string of the molecule is CC(CCNC(=O)NCCC(=O)N(C)C)C(=O)O. The van der Waals surface area contributed by atoms with E-state index in [2.05, 4.69) is 10.6 Å². The van der Waals surface area contributed by atoms with Gasteiger partial charge >= 0.3 is 12.0 Å². The fourth-order valence-corrected chi connectivity index (χ4v) is 1.09. The fourth-order valence-electron chi connectivity index (χ4n) is 1.09. The van der Waals surface area contributed by atoms with Crippen molar-refractivity contribution in [3.8, 4) is 0 Å². The van der Waals surface area contributed by atoms with Crippen LogP contribution in [0.15, 0.2) is 0 Å². The maximum Gasteiger partial charge on any atom is 0.314 e. The first-order valence-corrected chi connectivity index (χ1v) is 5.79. The highest BCUT2D eigenvalue weighted by Gasteiger charge is 2.10. The highest BCUT2D eigenvalue weighted by atomic mass is 16.4. The smallest absolute Gasteiger partial charge is 0.314 e. The van der Waals surface area contributed by atoms with E-state index in [1.54, 1.807) is 21.0 Å². The molecule has 3 amide bonds. The molecule has 0 spiro atoms. The molecule has 0 rings (SSSR count). The molecule has 0 bridgehead atoms. The van der Waals surface area contributed by atoms with E-state index in [-0.39, 0.29) is 24.9 Å². The average Bonchev–Trinajstić information content (AvgIpc) is 2.28. The predicted molar refractivity (Wildman–Crippen MR) is 66.1 cm³/mol. The molecule has 0 aromatic carbocycles. The van der Waals surface area contributed by atoms with Gasteiger partial charge in [0, 0.05) is 33.6 Å². The van der Waals surface area contributed by atoms with Crippen LogP contribution in [0, 0.1) is 5.92 Å². The van der Waals surface area contributed by atoms with E-state index in [0.717, 1.165) is 0 Å². The van der Waals surface area contributed by atoms with E-state index >= 15 is 0 Å². The van der Waals surface area contributed by atoms with Crippen LogP contribution in [0.3, 0.4) is 0 Å². The normalized spacial score (nSPS) is 11.5. The van der Waals surface area contributed by atoms with E-state index in [0.29, 0.717) is 13.0 Å². The lowest BCUT2D eigenvalue weighted by molar-refractivity contribution is -0.141. The van der Waals surface area contributed by atoms with Gasteiger partial charge in [0.2, 0.25) is 5.91 Å². The summed E-state index contributed by atoms with van der Waals surface area (Å²) in [5.74, 6) is -1.43. The van der Waals surface area contributed by atoms with Gasteiger partial charge in [-0.25, -0.2) is 4.79 Å². The minimum absolute atomic E-state index is 0.0604. The first kappa shape index (κ1) is 16.2. The molecule has 0 aromatic heterocycles. The van der Waals surface area contributed by atoms with Crippen molar-refractivity contribution in [2.24, 2.45) is 5.92 Å². The van der Waals surface area contributed by atoms with Gasteiger partial charge in [0.25, 0.3) is 0 Å². The number of rotatable bonds is 7. The number of carboxylic acids is 1. The standard InChI is InChI=1S/C11H21N3O4/c1-8(10(16)17)4-6-12-11(18)13-7-5-9(15)14(2)3/h8H,4-7H2,1-3H3,(H,16,17)(H2,12,13,18). The Morgan fingerprint density at radius 1 is 1.17 bits per heavy atom. The molecule has 0 heterocycles. The number of carbonyl (C=O) groups excluding carboxylic acids is 2. The van der Waals surface area contributed by atoms with E-state index < -0.39 is 11.9 Å². The Bertz CT molecular complexity index is 305. The molecule has 0 fully saturated rings. The zero-order valence-electron chi connectivity index (χ0n) is 11.0. The lowest BCUT2D eigenvalue weighted by Gasteiger charge is -2.11. The lowest BCUT2D eigenvalue weighted by atomic mass is 10.1. The van der Waals surface area contributed by atoms with Crippen molar-refractivity contribution < 1.29 is 19.5 Å². The van der Waals surface area contributed by atoms with E-state index in [9.17, 15) is 14.4 Å². The Hall–Kier alpha value is -1.79. The second-order valence-corrected chi connectivity index (χ2v) is 4.25. The quantitative estimate of drug-likeness (QED) is 0.593. The second kappa shape index (κ2) is 8.32. The minimum atomic E-state index is -0.881. The molecule has 0 aromatic rings. The summed E-state index contributed by atoms with van der Waals surface area (Å²) in [5.41, 5.74) is 0. The van der Waals surface area contributed by atoms with Gasteiger partial charge in [0.1, 0.15) is 0 Å². The first-order chi connectivity index (χ1) is 8.34. The summed E-state index contributed by atoms with van der Waals surface area (Å²) in [5, 5.41) is 13.7. The molecule has 0 saturated carbocycles. The molecule has 7 heteroatoms. The van der Waals surface area contributed by atoms with Gasteiger partial charge in [-0.15, -0.1) is 0 Å². The first-order valence-electron chi connectivity index (χ1n) is 5.79. The topological polar surface area (TPSA) is 98.7 Å². The maximum atomic E-state index is 11.3. The molecular formula is C11H21N3O4. The Kier molecular flexibility index (Phi) is 7.50. The summed E-state index contributed by atoms with van der Waals surface area (Å²) in [4.78, 5) is 34.4. The number of hydrogen-bond donors (Lipinski definition) is 3. The summed E-state index contributed by atoms with van der Waals surface area (Å²) < 4.78 is 0. The van der Waals surface area contributed by atoms with Gasteiger partial charge in [0.15, 0.2) is 0 Å². The Labute approximate surface area is 107 Å². The van der Waals surface area contributed by atoms with Crippen molar-refractivity contribution in [3.05, 3.63) is 0 Å². The van der Waals surface area contributed by atoms with Gasteiger partial charge in [-0.05, 0) is 6.42 Å². The predicted octanol–water partition coefficient (Wildman–Crippen LogP) is -0.125. The molecule has 1 unspecified atom stereocenters. The van der Waals surface area contributed by atoms with Gasteiger partial charge in [-0.3, -0.25) is 9.59 Å². The fraction of sp³-hybridized carbons (Fsp3) is 0.727. The van der Waals surface area contributed by atoms with E-state index in [1.165, 1.54) is 4.90 Å². The van der Waals surface area contributed by atoms with Gasteiger partial charge in [0.05, 0.1) is 5.92 Å². The van der Waals surface area contributed by atoms with Crippen molar-refractivity contribution in [3.63, 3.8) is 0 Å². The van der Waals surface area contributed by atoms with Gasteiger partial charge < -0.3 is 20.6 Å². The summed E-state index contributed by atoms with van der Waals surface area (Å²) in [7, 11) is 3.30. The van der Waals surface area contributed by atoms with Crippen molar-refractivity contribution >= 4 is 17.9 Å². The highest BCUT2D eigenvalue weighted by molar-refractivity contribution is 5.77. The Morgan fingerprint density at radius 2 is 1.72 bits per heavy atom. The molecule has 0 aliphatic rings. The average molecular weight is 259 g/mol. The van der Waals surface area contributed by atoms with Crippen LogP contribution < -0.4 is 10.6 Å². The van der Waals surface area contributed by atoms with Crippen molar-refractivity contribution in [1.29, 1.82) is 0 Å². The third-order valence-electron chi connectivity index (χ3n) is 2.41. The van der Waals surface area contributed by atoms with Crippen LogP contribution in [0.2, 0.25) is 0 Å². The molecule has 0 radical (unpaired) electrons. The largest absolute Gasteiger partial charge is 0.481 e. The van der Waals surface area contributed by atoms with E-state index in [1.807, 2.05) is 0 Å². The third kappa shape index (κ3) is 7.48. The van der Waals surface area contributed by atoms with Crippen LogP contribution in [-0.2, 0) is 9.59 Å². The summed E-state index contributed by atoms with van der Waals surface area (Å²) >= 11 is 0. The zero-order valence-corrected chi connectivity index (χ0v) is 11.0. The van der Waals surface area contributed by atoms with Crippen molar-refractivity contribution in [1.82, 2.24) is 15.5 Å². The van der Waals surface area contributed by atoms with Crippen LogP contribution in [0.4, 0.5) is 4.79 Å². The number of carboxylic acid groups (broad SMARTS) is 1. The van der Waals surface area contributed by atoms with Crippen LogP contribution >= 0.6 is 0 Å². The van der Waals surface area contributed by atoms with Crippen molar-refractivity contribution in [2.45, 2.75) is 19.8 Å². The minimum Gasteiger partial charge on any atom is -0.481 e. The molecular weight excluding hydrogens is 238 g/mol. The number of nitrogens with zero attached hydrogens (tertiary/aromatic N) is 1. The molecule has 18 heavy (non-hydrogen) atoms. The van der Waals surface area contributed by atoms with Crippen molar-refractivity contribution in [2.75, 3.05) is 27.2 Å². The number of amides is 3. The van der Waals surface area contributed by atoms with Crippen LogP contribution in [0.5, 0.6) is 0 Å². The Morgan fingerprint density at radius 3 is 2.22 bits per heavy atom. The molecule has 0 aliphatic heterocycles. The number of urea groups is 1. The number of aliphatic carboxylic acids is 1. The maximum absolute atomic E-state index is 11.3. The summed E-state index contributed by atoms with van der Waals surface area (Å²) in [6.45, 7) is 2.13. The van der Waals surface area contributed by atoms with Crippen LogP contribution in [0.25, 0.3) is 0 Å². The number of carbonyl (C=O) groups is 3. The molecule has 7 nitrogen and oxygen atoms in total. The lowest BCUT2D eigenvalue weighted by Crippen LogP contribution is -2.38. The summed E-state index contributed by atoms with van der Waals surface area (Å²) in [6.07, 6.45) is 0.616. The van der Waals surface area contributed by atoms with Crippen LogP contribution in [-0.4, -0.2) is 55.1 Å². The van der Waals surface area contributed by atoms with Gasteiger partial charge in [-0.2, -0.15) is 0 Å². The molecule has 3 N–H and O–H groups in total. The number of hydrogen-bond acceptors (Lipinski definition) is 3. The van der Waals surface area contributed by atoms with Gasteiger partial charge in [-0.1, -0.05) is 6.92 Å². The van der Waals surface area contributed by atoms with E-state index in [4.69, 9.17) is 5.11 Å². The monoisotopic (exact) mass is 259 g/mol. The molecule has 0 aliphatic carbocycles. The molecule has 0 saturated heterocycles. The highest BCUT2D eigenvalue weighted by Crippen LogP contribution is 1.99. The molecule has 104 valence electrons. The summed E-state index contributed by atoms with van der Waals surface area (Å²) in [6, 6.07) is -0.390. The number of nitrogens with one attached hydrogen (secondary N) is 2. The zero-order chi connectivity index (χ0) is 14.1. The Balaban J connectivity index is 3.61. The molecule has 1 atom stereocenters. The third-order valence-corrected chi connectivity index (χ3v) is 2.41.